The Hall–Kier alpha value is -1.55. The van der Waals surface area contributed by atoms with Gasteiger partial charge in [0.05, 0.1) is 12.2 Å². The van der Waals surface area contributed by atoms with E-state index in [0.29, 0.717) is 24.0 Å². The number of likely N-dealkylation sites (tertiary alicyclic amines) is 1. The van der Waals surface area contributed by atoms with Crippen LogP contribution in [0, 0.1) is 0 Å². The molecule has 0 spiro atoms. The Morgan fingerprint density at radius 1 is 1.30 bits per heavy atom. The lowest BCUT2D eigenvalue weighted by molar-refractivity contribution is 0.0909. The van der Waals surface area contributed by atoms with Crippen LogP contribution < -0.4 is 10.1 Å². The molecule has 4 nitrogen and oxygen atoms in total. The lowest BCUT2D eigenvalue weighted by Gasteiger charge is -2.35. The molecule has 0 saturated carbocycles. The number of nitrogens with zero attached hydrogens (tertiary/aromatic N) is 1. The molecule has 128 valence electrons. The van der Waals surface area contributed by atoms with E-state index < -0.39 is 0 Å². The molecule has 1 heterocycles. The standard InChI is InChI=1S/C19H30N2O2/c1-3-5-13-21-14-9-8-10-16(21)15-20-19(22)17-11-6-7-12-18(17)23-4-2/h6-7,11-12,16H,3-5,8-10,13-15H2,1-2H3,(H,20,22)/t16-/m0/s1. The molecule has 1 amide bonds. The van der Waals surface area contributed by atoms with E-state index in [4.69, 9.17) is 4.74 Å². The number of rotatable bonds is 8. The Bertz CT molecular complexity index is 490. The molecule has 0 unspecified atom stereocenters. The fourth-order valence-electron chi connectivity index (χ4n) is 3.19. The molecule has 1 saturated heterocycles. The lowest BCUT2D eigenvalue weighted by Crippen LogP contribution is -2.47. The summed E-state index contributed by atoms with van der Waals surface area (Å²) >= 11 is 0. The van der Waals surface area contributed by atoms with Crippen molar-refractivity contribution >= 4 is 5.91 Å². The molecule has 1 aliphatic rings. The van der Waals surface area contributed by atoms with Crippen molar-refractivity contribution in [3.8, 4) is 5.75 Å². The Balaban J connectivity index is 1.92. The highest BCUT2D eigenvalue weighted by Gasteiger charge is 2.22. The first-order chi connectivity index (χ1) is 11.3. The molecule has 1 aromatic carbocycles. The minimum absolute atomic E-state index is 0.0323. The second kappa shape index (κ2) is 9.56. The van der Waals surface area contributed by atoms with E-state index in [0.717, 1.165) is 19.6 Å². The monoisotopic (exact) mass is 318 g/mol. The Labute approximate surface area is 140 Å². The first-order valence-corrected chi connectivity index (χ1v) is 9.00. The Morgan fingerprint density at radius 3 is 2.91 bits per heavy atom. The first kappa shape index (κ1) is 17.8. The van der Waals surface area contributed by atoms with Crippen molar-refractivity contribution in [2.24, 2.45) is 0 Å². The summed E-state index contributed by atoms with van der Waals surface area (Å²) in [4.78, 5) is 15.0. The highest BCUT2D eigenvalue weighted by atomic mass is 16.5. The summed E-state index contributed by atoms with van der Waals surface area (Å²) in [7, 11) is 0. The van der Waals surface area contributed by atoms with E-state index in [2.05, 4.69) is 17.1 Å². The van der Waals surface area contributed by atoms with E-state index in [-0.39, 0.29) is 5.91 Å². The molecule has 4 heteroatoms. The minimum atomic E-state index is -0.0323. The third kappa shape index (κ3) is 5.24. The maximum Gasteiger partial charge on any atom is 0.255 e. The van der Waals surface area contributed by atoms with Crippen molar-refractivity contribution in [3.63, 3.8) is 0 Å². The molecule has 1 atom stereocenters. The summed E-state index contributed by atoms with van der Waals surface area (Å²) in [6.07, 6.45) is 6.17. The average molecular weight is 318 g/mol. The lowest BCUT2D eigenvalue weighted by atomic mass is 10.0. The average Bonchev–Trinajstić information content (AvgIpc) is 2.59. The number of hydrogen-bond acceptors (Lipinski definition) is 3. The van der Waals surface area contributed by atoms with Crippen LogP contribution in [-0.2, 0) is 0 Å². The van der Waals surface area contributed by atoms with Crippen LogP contribution in [0.3, 0.4) is 0 Å². The minimum Gasteiger partial charge on any atom is -0.493 e. The SMILES string of the molecule is CCCCN1CCCC[C@H]1CNC(=O)c1ccccc1OCC. The third-order valence-electron chi connectivity index (χ3n) is 4.48. The van der Waals surface area contributed by atoms with Gasteiger partial charge in [0.1, 0.15) is 5.75 Å². The number of carbonyl (C=O) groups is 1. The number of hydrogen-bond donors (Lipinski definition) is 1. The van der Waals surface area contributed by atoms with Crippen LogP contribution in [0.1, 0.15) is 56.3 Å². The second-order valence-corrected chi connectivity index (χ2v) is 6.18. The molecule has 1 aromatic rings. The van der Waals surface area contributed by atoms with E-state index in [9.17, 15) is 4.79 Å². The zero-order valence-electron chi connectivity index (χ0n) is 14.5. The van der Waals surface area contributed by atoms with Crippen LogP contribution in [0.2, 0.25) is 0 Å². The summed E-state index contributed by atoms with van der Waals surface area (Å²) in [6.45, 7) is 7.76. The van der Waals surface area contributed by atoms with Gasteiger partial charge in [0.25, 0.3) is 5.91 Å². The molecule has 0 aliphatic carbocycles. The highest BCUT2D eigenvalue weighted by Crippen LogP contribution is 2.19. The Morgan fingerprint density at radius 2 is 2.13 bits per heavy atom. The van der Waals surface area contributed by atoms with Crippen LogP contribution in [0.4, 0.5) is 0 Å². The van der Waals surface area contributed by atoms with Crippen LogP contribution in [0.25, 0.3) is 0 Å². The molecule has 0 aromatic heterocycles. The maximum absolute atomic E-state index is 12.5. The molecule has 1 aliphatic heterocycles. The van der Waals surface area contributed by atoms with Gasteiger partial charge in [-0.1, -0.05) is 31.9 Å². The van der Waals surface area contributed by atoms with Crippen molar-refractivity contribution in [1.82, 2.24) is 10.2 Å². The number of nitrogens with one attached hydrogen (secondary N) is 1. The molecular formula is C19H30N2O2. The van der Waals surface area contributed by atoms with Crippen molar-refractivity contribution in [2.45, 2.75) is 52.0 Å². The van der Waals surface area contributed by atoms with Gasteiger partial charge in [0, 0.05) is 12.6 Å². The van der Waals surface area contributed by atoms with Gasteiger partial charge >= 0.3 is 0 Å². The van der Waals surface area contributed by atoms with Gasteiger partial charge in [-0.3, -0.25) is 9.69 Å². The van der Waals surface area contributed by atoms with Gasteiger partial charge < -0.3 is 10.1 Å². The zero-order chi connectivity index (χ0) is 16.5. The molecule has 0 radical (unpaired) electrons. The van der Waals surface area contributed by atoms with E-state index in [1.165, 1.54) is 32.1 Å². The quantitative estimate of drug-likeness (QED) is 0.798. The maximum atomic E-state index is 12.5. The predicted molar refractivity (Wildman–Crippen MR) is 94.1 cm³/mol. The van der Waals surface area contributed by atoms with Gasteiger partial charge in [-0.05, 0) is 51.4 Å². The number of ether oxygens (including phenoxy) is 1. The largest absolute Gasteiger partial charge is 0.493 e. The molecule has 0 bridgehead atoms. The predicted octanol–water partition coefficient (Wildman–Crippen LogP) is 3.47. The number of carbonyl (C=O) groups excluding carboxylic acids is 1. The highest BCUT2D eigenvalue weighted by molar-refractivity contribution is 5.96. The van der Waals surface area contributed by atoms with Gasteiger partial charge in [0.15, 0.2) is 0 Å². The van der Waals surface area contributed by atoms with Crippen LogP contribution >= 0.6 is 0 Å². The molecule has 2 rings (SSSR count). The third-order valence-corrected chi connectivity index (χ3v) is 4.48. The number of para-hydroxylation sites is 1. The molecule has 1 N–H and O–H groups in total. The van der Waals surface area contributed by atoms with Crippen LogP contribution in [-0.4, -0.2) is 43.1 Å². The number of amides is 1. The van der Waals surface area contributed by atoms with Crippen molar-refractivity contribution < 1.29 is 9.53 Å². The molecule has 23 heavy (non-hydrogen) atoms. The van der Waals surface area contributed by atoms with Gasteiger partial charge in [-0.15, -0.1) is 0 Å². The summed E-state index contributed by atoms with van der Waals surface area (Å²) < 4.78 is 5.55. The summed E-state index contributed by atoms with van der Waals surface area (Å²) in [5.74, 6) is 0.633. The normalized spacial score (nSPS) is 18.6. The number of piperidine rings is 1. The number of benzene rings is 1. The van der Waals surface area contributed by atoms with Gasteiger partial charge in [0.2, 0.25) is 0 Å². The van der Waals surface area contributed by atoms with Gasteiger partial charge in [-0.2, -0.15) is 0 Å². The fourth-order valence-corrected chi connectivity index (χ4v) is 3.19. The second-order valence-electron chi connectivity index (χ2n) is 6.18. The van der Waals surface area contributed by atoms with Crippen molar-refractivity contribution in [1.29, 1.82) is 0 Å². The topological polar surface area (TPSA) is 41.6 Å². The van der Waals surface area contributed by atoms with Crippen molar-refractivity contribution in [3.05, 3.63) is 29.8 Å². The van der Waals surface area contributed by atoms with E-state index in [1.54, 1.807) is 0 Å². The summed E-state index contributed by atoms with van der Waals surface area (Å²) in [5.41, 5.74) is 0.630. The molecular weight excluding hydrogens is 288 g/mol. The van der Waals surface area contributed by atoms with Crippen LogP contribution in [0.5, 0.6) is 5.75 Å². The van der Waals surface area contributed by atoms with E-state index >= 15 is 0 Å². The van der Waals surface area contributed by atoms with Crippen molar-refractivity contribution in [2.75, 3.05) is 26.2 Å². The summed E-state index contributed by atoms with van der Waals surface area (Å²) in [6, 6.07) is 7.93. The molecule has 1 fully saturated rings. The fraction of sp³-hybridized carbons (Fsp3) is 0.632. The first-order valence-electron chi connectivity index (χ1n) is 9.00. The summed E-state index contributed by atoms with van der Waals surface area (Å²) in [5, 5.41) is 3.11. The Kier molecular flexibility index (Phi) is 7.40. The smallest absolute Gasteiger partial charge is 0.255 e. The van der Waals surface area contributed by atoms with E-state index in [1.807, 2.05) is 31.2 Å². The number of unbranched alkanes of at least 4 members (excludes halogenated alkanes) is 1. The zero-order valence-corrected chi connectivity index (χ0v) is 14.5. The van der Waals surface area contributed by atoms with Crippen LogP contribution in [0.15, 0.2) is 24.3 Å². The van der Waals surface area contributed by atoms with Gasteiger partial charge in [-0.25, -0.2) is 0 Å².